The average Bonchev–Trinajstić information content (AvgIpc) is 3.27. The molecule has 0 aromatic heterocycles. The molecule has 6 heteroatoms. The van der Waals surface area contributed by atoms with Gasteiger partial charge in [0.2, 0.25) is 11.8 Å². The first-order valence-corrected chi connectivity index (χ1v) is 9.06. The zero-order valence-electron chi connectivity index (χ0n) is 14.6. The molecule has 2 unspecified atom stereocenters. The van der Waals surface area contributed by atoms with E-state index < -0.39 is 0 Å². The number of amides is 2. The summed E-state index contributed by atoms with van der Waals surface area (Å²) in [5, 5.41) is 6.38. The standard InChI is InChI=1S/C19H27N3O2.ClH/c23-18(13-15-5-2-1-3-6-15)22-12-4-7-17(22)19(24)21-11-9-16-8-10-20-14-16;/h1-3,5-6,16-17,20H,4,7-14H2,(H,21,24);1H. The van der Waals surface area contributed by atoms with Crippen molar-refractivity contribution in [2.75, 3.05) is 26.2 Å². The number of rotatable bonds is 6. The normalized spacial score (nSPS) is 22.5. The second-order valence-corrected chi connectivity index (χ2v) is 6.85. The van der Waals surface area contributed by atoms with E-state index in [-0.39, 0.29) is 30.3 Å². The summed E-state index contributed by atoms with van der Waals surface area (Å²) in [4.78, 5) is 26.8. The van der Waals surface area contributed by atoms with Crippen molar-refractivity contribution in [3.05, 3.63) is 35.9 Å². The van der Waals surface area contributed by atoms with Gasteiger partial charge in [0.05, 0.1) is 6.42 Å². The third kappa shape index (κ3) is 5.44. The summed E-state index contributed by atoms with van der Waals surface area (Å²) in [6, 6.07) is 9.45. The Balaban J connectivity index is 0.00000225. The zero-order chi connectivity index (χ0) is 16.8. The van der Waals surface area contributed by atoms with Crippen molar-refractivity contribution in [3.8, 4) is 0 Å². The lowest BCUT2D eigenvalue weighted by molar-refractivity contribution is -0.138. The molecule has 2 saturated heterocycles. The van der Waals surface area contributed by atoms with Gasteiger partial charge in [-0.2, -0.15) is 0 Å². The smallest absolute Gasteiger partial charge is 0.242 e. The summed E-state index contributed by atoms with van der Waals surface area (Å²) in [6.45, 7) is 3.54. The van der Waals surface area contributed by atoms with Crippen LogP contribution in [0.2, 0.25) is 0 Å². The summed E-state index contributed by atoms with van der Waals surface area (Å²) in [7, 11) is 0. The van der Waals surface area contributed by atoms with Crippen LogP contribution >= 0.6 is 12.4 Å². The van der Waals surface area contributed by atoms with Gasteiger partial charge in [-0.15, -0.1) is 12.4 Å². The largest absolute Gasteiger partial charge is 0.354 e. The average molecular weight is 366 g/mol. The Morgan fingerprint density at radius 3 is 2.72 bits per heavy atom. The fourth-order valence-electron chi connectivity index (χ4n) is 3.69. The Morgan fingerprint density at radius 1 is 1.20 bits per heavy atom. The topological polar surface area (TPSA) is 61.4 Å². The SMILES string of the molecule is Cl.O=C(NCCC1CCNC1)C1CCCN1C(=O)Cc1ccccc1. The van der Waals surface area contributed by atoms with E-state index in [1.807, 2.05) is 30.3 Å². The van der Waals surface area contributed by atoms with Gasteiger partial charge in [-0.25, -0.2) is 0 Å². The number of hydrogen-bond acceptors (Lipinski definition) is 3. The first-order valence-electron chi connectivity index (χ1n) is 9.06. The van der Waals surface area contributed by atoms with Gasteiger partial charge in [0.1, 0.15) is 6.04 Å². The molecule has 138 valence electrons. The van der Waals surface area contributed by atoms with Gasteiger partial charge >= 0.3 is 0 Å². The molecule has 25 heavy (non-hydrogen) atoms. The van der Waals surface area contributed by atoms with Gasteiger partial charge in [-0.05, 0) is 50.3 Å². The van der Waals surface area contributed by atoms with Crippen molar-refractivity contribution in [3.63, 3.8) is 0 Å². The summed E-state index contributed by atoms with van der Waals surface area (Å²) >= 11 is 0. The van der Waals surface area contributed by atoms with Gasteiger partial charge in [0.15, 0.2) is 0 Å². The molecule has 1 aromatic carbocycles. The third-order valence-electron chi connectivity index (χ3n) is 5.09. The van der Waals surface area contributed by atoms with E-state index in [4.69, 9.17) is 0 Å². The zero-order valence-corrected chi connectivity index (χ0v) is 15.4. The van der Waals surface area contributed by atoms with E-state index in [0.29, 0.717) is 25.4 Å². The lowest BCUT2D eigenvalue weighted by atomic mass is 10.1. The fraction of sp³-hybridized carbons (Fsp3) is 0.579. The Kier molecular flexibility index (Phi) is 7.72. The molecular weight excluding hydrogens is 338 g/mol. The quantitative estimate of drug-likeness (QED) is 0.807. The van der Waals surface area contributed by atoms with E-state index in [1.54, 1.807) is 4.90 Å². The summed E-state index contributed by atoms with van der Waals surface area (Å²) in [5.74, 6) is 0.739. The minimum Gasteiger partial charge on any atom is -0.354 e. The van der Waals surface area contributed by atoms with Crippen molar-refractivity contribution < 1.29 is 9.59 Å². The number of likely N-dealkylation sites (tertiary alicyclic amines) is 1. The predicted molar refractivity (Wildman–Crippen MR) is 101 cm³/mol. The van der Waals surface area contributed by atoms with Crippen LogP contribution in [0.25, 0.3) is 0 Å². The molecule has 2 heterocycles. The molecule has 0 radical (unpaired) electrons. The van der Waals surface area contributed by atoms with E-state index >= 15 is 0 Å². The van der Waals surface area contributed by atoms with Crippen molar-refractivity contribution in [2.45, 2.75) is 38.1 Å². The van der Waals surface area contributed by atoms with Crippen molar-refractivity contribution in [1.29, 1.82) is 0 Å². The highest BCUT2D eigenvalue weighted by atomic mass is 35.5. The van der Waals surface area contributed by atoms with Crippen LogP contribution in [-0.2, 0) is 16.0 Å². The summed E-state index contributed by atoms with van der Waals surface area (Å²) in [5.41, 5.74) is 1.00. The fourth-order valence-corrected chi connectivity index (χ4v) is 3.69. The minimum absolute atomic E-state index is 0. The maximum Gasteiger partial charge on any atom is 0.242 e. The van der Waals surface area contributed by atoms with Gasteiger partial charge in [0, 0.05) is 13.1 Å². The molecule has 3 rings (SSSR count). The molecule has 2 amide bonds. The van der Waals surface area contributed by atoms with Gasteiger partial charge in [-0.1, -0.05) is 30.3 Å². The van der Waals surface area contributed by atoms with Gasteiger partial charge in [-0.3, -0.25) is 9.59 Å². The predicted octanol–water partition coefficient (Wildman–Crippen LogP) is 1.76. The molecule has 0 aliphatic carbocycles. The van der Waals surface area contributed by atoms with E-state index in [1.165, 1.54) is 6.42 Å². The third-order valence-corrected chi connectivity index (χ3v) is 5.09. The molecule has 1 aromatic rings. The number of nitrogens with zero attached hydrogens (tertiary/aromatic N) is 1. The molecule has 0 bridgehead atoms. The number of carbonyl (C=O) groups is 2. The molecule has 0 saturated carbocycles. The monoisotopic (exact) mass is 365 g/mol. The van der Waals surface area contributed by atoms with Crippen LogP contribution in [0.3, 0.4) is 0 Å². The Morgan fingerprint density at radius 2 is 2.00 bits per heavy atom. The van der Waals surface area contributed by atoms with E-state index in [9.17, 15) is 9.59 Å². The first-order chi connectivity index (χ1) is 11.7. The van der Waals surface area contributed by atoms with Crippen molar-refractivity contribution in [1.82, 2.24) is 15.5 Å². The van der Waals surface area contributed by atoms with Crippen LogP contribution < -0.4 is 10.6 Å². The molecule has 2 aliphatic rings. The van der Waals surface area contributed by atoms with Crippen LogP contribution in [0.4, 0.5) is 0 Å². The minimum atomic E-state index is -0.289. The van der Waals surface area contributed by atoms with Crippen LogP contribution in [0, 0.1) is 5.92 Å². The maximum absolute atomic E-state index is 12.6. The molecule has 0 spiro atoms. The number of carbonyl (C=O) groups excluding carboxylic acids is 2. The molecular formula is C19H28ClN3O2. The van der Waals surface area contributed by atoms with E-state index in [0.717, 1.165) is 37.9 Å². The molecule has 2 N–H and O–H groups in total. The molecule has 2 atom stereocenters. The van der Waals surface area contributed by atoms with E-state index in [2.05, 4.69) is 10.6 Å². The molecule has 5 nitrogen and oxygen atoms in total. The van der Waals surface area contributed by atoms with Crippen LogP contribution in [0.5, 0.6) is 0 Å². The number of hydrogen-bond donors (Lipinski definition) is 2. The first kappa shape index (κ1) is 19.7. The number of benzene rings is 1. The highest BCUT2D eigenvalue weighted by molar-refractivity contribution is 5.89. The maximum atomic E-state index is 12.6. The Labute approximate surface area is 155 Å². The van der Waals surface area contributed by atoms with Crippen LogP contribution in [-0.4, -0.2) is 48.9 Å². The Bertz CT molecular complexity index is 561. The molecule has 2 fully saturated rings. The second-order valence-electron chi connectivity index (χ2n) is 6.85. The van der Waals surface area contributed by atoms with Crippen molar-refractivity contribution >= 4 is 24.2 Å². The van der Waals surface area contributed by atoms with Gasteiger partial charge < -0.3 is 15.5 Å². The molecule has 2 aliphatic heterocycles. The highest BCUT2D eigenvalue weighted by Crippen LogP contribution is 2.19. The second kappa shape index (κ2) is 9.78. The van der Waals surface area contributed by atoms with Crippen molar-refractivity contribution in [2.24, 2.45) is 5.92 Å². The number of halogens is 1. The summed E-state index contributed by atoms with van der Waals surface area (Å²) in [6.07, 6.45) is 4.27. The highest BCUT2D eigenvalue weighted by Gasteiger charge is 2.33. The lowest BCUT2D eigenvalue weighted by Crippen LogP contribution is -2.46. The lowest BCUT2D eigenvalue weighted by Gasteiger charge is -2.24. The van der Waals surface area contributed by atoms with Crippen LogP contribution in [0.1, 0.15) is 31.2 Å². The number of nitrogens with one attached hydrogen (secondary N) is 2. The summed E-state index contributed by atoms with van der Waals surface area (Å²) < 4.78 is 0. The van der Waals surface area contributed by atoms with Gasteiger partial charge in [0.25, 0.3) is 0 Å². The van der Waals surface area contributed by atoms with Crippen LogP contribution in [0.15, 0.2) is 30.3 Å². The Hall–Kier alpha value is -1.59.